The summed E-state index contributed by atoms with van der Waals surface area (Å²) in [6.45, 7) is 0. The van der Waals surface area contributed by atoms with E-state index in [1.165, 1.54) is 30.7 Å². The molecule has 1 saturated carbocycles. The number of halogens is 2. The van der Waals surface area contributed by atoms with Crippen LogP contribution < -0.4 is 4.74 Å². The molecule has 136 valence electrons. The number of carbonyl (C=O) groups is 2. The second-order valence-electron chi connectivity index (χ2n) is 6.18. The maximum atomic E-state index is 12.5. The average Bonchev–Trinajstić information content (AvgIpc) is 2.65. The van der Waals surface area contributed by atoms with Crippen molar-refractivity contribution in [3.05, 3.63) is 63.6 Å². The molecule has 0 radical (unpaired) electrons. The summed E-state index contributed by atoms with van der Waals surface area (Å²) >= 11 is 11.8. The molecule has 2 aromatic carbocycles. The molecular formula is C20H18Cl2O4. The minimum atomic E-state index is -0.653. The molecular weight excluding hydrogens is 375 g/mol. The summed E-state index contributed by atoms with van der Waals surface area (Å²) in [7, 11) is 0. The van der Waals surface area contributed by atoms with Crippen molar-refractivity contribution in [2.75, 3.05) is 0 Å². The molecule has 0 saturated heterocycles. The minimum absolute atomic E-state index is 0.0876. The first-order valence-corrected chi connectivity index (χ1v) is 9.27. The minimum Gasteiger partial charge on any atom is -0.459 e. The van der Waals surface area contributed by atoms with Gasteiger partial charge < -0.3 is 9.47 Å². The van der Waals surface area contributed by atoms with Crippen molar-refractivity contribution in [3.63, 3.8) is 0 Å². The zero-order chi connectivity index (χ0) is 18.5. The summed E-state index contributed by atoms with van der Waals surface area (Å²) in [5.41, 5.74) is 0.350. The smallest absolute Gasteiger partial charge is 0.344 e. The molecule has 0 bridgehead atoms. The zero-order valence-corrected chi connectivity index (χ0v) is 15.6. The number of rotatable bonds is 4. The Kier molecular flexibility index (Phi) is 6.17. The van der Waals surface area contributed by atoms with Crippen molar-refractivity contribution >= 4 is 35.1 Å². The van der Waals surface area contributed by atoms with Gasteiger partial charge in [-0.05, 0) is 49.9 Å². The lowest BCUT2D eigenvalue weighted by Gasteiger charge is -2.22. The van der Waals surface area contributed by atoms with Crippen molar-refractivity contribution in [2.24, 2.45) is 0 Å². The van der Waals surface area contributed by atoms with Crippen LogP contribution in [0.2, 0.25) is 10.0 Å². The van der Waals surface area contributed by atoms with Crippen LogP contribution in [0.3, 0.4) is 0 Å². The maximum absolute atomic E-state index is 12.5. The Morgan fingerprint density at radius 3 is 2.15 bits per heavy atom. The van der Waals surface area contributed by atoms with Gasteiger partial charge in [-0.1, -0.05) is 41.8 Å². The zero-order valence-electron chi connectivity index (χ0n) is 14.0. The lowest BCUT2D eigenvalue weighted by molar-refractivity contribution is 0.0207. The van der Waals surface area contributed by atoms with E-state index in [1.807, 2.05) is 0 Å². The Morgan fingerprint density at radius 2 is 1.50 bits per heavy atom. The molecule has 0 aliphatic heterocycles. The van der Waals surface area contributed by atoms with E-state index in [-0.39, 0.29) is 28.0 Å². The topological polar surface area (TPSA) is 52.6 Å². The van der Waals surface area contributed by atoms with Gasteiger partial charge in [0.15, 0.2) is 0 Å². The summed E-state index contributed by atoms with van der Waals surface area (Å²) < 4.78 is 10.9. The van der Waals surface area contributed by atoms with E-state index < -0.39 is 11.9 Å². The van der Waals surface area contributed by atoms with Crippen molar-refractivity contribution in [1.82, 2.24) is 0 Å². The fourth-order valence-electron chi connectivity index (χ4n) is 2.94. The third-order valence-corrected chi connectivity index (χ3v) is 5.03. The highest BCUT2D eigenvalue weighted by atomic mass is 35.5. The highest BCUT2D eigenvalue weighted by molar-refractivity contribution is 6.42. The van der Waals surface area contributed by atoms with Crippen molar-refractivity contribution < 1.29 is 19.1 Å². The van der Waals surface area contributed by atoms with Crippen molar-refractivity contribution in [2.45, 2.75) is 38.2 Å². The van der Waals surface area contributed by atoms with E-state index in [9.17, 15) is 9.59 Å². The van der Waals surface area contributed by atoms with Gasteiger partial charge >= 0.3 is 11.9 Å². The van der Waals surface area contributed by atoms with E-state index >= 15 is 0 Å². The number of esters is 2. The molecule has 0 unspecified atom stereocenters. The van der Waals surface area contributed by atoms with Gasteiger partial charge in [-0.25, -0.2) is 9.59 Å². The fourth-order valence-corrected chi connectivity index (χ4v) is 3.23. The van der Waals surface area contributed by atoms with Gasteiger partial charge in [0.1, 0.15) is 11.9 Å². The van der Waals surface area contributed by atoms with Crippen molar-refractivity contribution in [3.8, 4) is 5.75 Å². The van der Waals surface area contributed by atoms with Crippen LogP contribution in [0.1, 0.15) is 52.8 Å². The molecule has 0 heterocycles. The van der Waals surface area contributed by atoms with Crippen LogP contribution in [0.15, 0.2) is 42.5 Å². The van der Waals surface area contributed by atoms with E-state index in [1.54, 1.807) is 18.2 Å². The Morgan fingerprint density at radius 1 is 0.846 bits per heavy atom. The van der Waals surface area contributed by atoms with E-state index in [0.29, 0.717) is 5.02 Å². The summed E-state index contributed by atoms with van der Waals surface area (Å²) in [6.07, 6.45) is 4.91. The third-order valence-electron chi connectivity index (χ3n) is 4.29. The molecule has 2 aromatic rings. The van der Waals surface area contributed by atoms with Gasteiger partial charge in [0.05, 0.1) is 21.2 Å². The lowest BCUT2D eigenvalue weighted by Crippen LogP contribution is -2.23. The highest BCUT2D eigenvalue weighted by Crippen LogP contribution is 2.27. The first-order chi connectivity index (χ1) is 12.5. The molecule has 0 amide bonds. The van der Waals surface area contributed by atoms with Crippen LogP contribution in [-0.2, 0) is 4.74 Å². The van der Waals surface area contributed by atoms with Crippen LogP contribution in [0.4, 0.5) is 0 Å². The summed E-state index contributed by atoms with van der Waals surface area (Å²) in [5, 5.41) is 0.643. The largest absolute Gasteiger partial charge is 0.459 e. The summed E-state index contributed by atoms with van der Waals surface area (Å²) in [6, 6.07) is 11.0. The normalized spacial score (nSPS) is 14.7. The average molecular weight is 393 g/mol. The molecule has 6 heteroatoms. The number of ether oxygens (including phenoxy) is 2. The van der Waals surface area contributed by atoms with Gasteiger partial charge in [-0.2, -0.15) is 0 Å². The predicted molar refractivity (Wildman–Crippen MR) is 100 cm³/mol. The van der Waals surface area contributed by atoms with Crippen LogP contribution in [-0.4, -0.2) is 18.0 Å². The molecule has 0 aromatic heterocycles. The van der Waals surface area contributed by atoms with Gasteiger partial charge in [0, 0.05) is 6.07 Å². The number of benzene rings is 2. The first-order valence-electron chi connectivity index (χ1n) is 8.52. The van der Waals surface area contributed by atoms with Gasteiger partial charge in [-0.15, -0.1) is 0 Å². The lowest BCUT2D eigenvalue weighted by atomic mass is 9.97. The molecule has 1 fully saturated rings. The Balaban J connectivity index is 1.75. The summed E-state index contributed by atoms with van der Waals surface area (Å²) in [5.74, 6) is -0.905. The number of hydrogen-bond donors (Lipinski definition) is 0. The molecule has 0 atom stereocenters. The van der Waals surface area contributed by atoms with Crippen LogP contribution in [0, 0.1) is 0 Å². The second kappa shape index (κ2) is 8.56. The standard InChI is InChI=1S/C20H18Cl2O4/c21-17-11-10-14(12-18(17)22)26-20(24)16-9-5-4-8-15(16)19(23)25-13-6-2-1-3-7-13/h4-5,8-13H,1-3,6-7H2. The molecule has 4 nitrogen and oxygen atoms in total. The number of carbonyl (C=O) groups excluding carboxylic acids is 2. The van der Waals surface area contributed by atoms with Gasteiger partial charge in [0.25, 0.3) is 0 Å². The Bertz CT molecular complexity index is 813. The fraction of sp³-hybridized carbons (Fsp3) is 0.300. The van der Waals surface area contributed by atoms with Gasteiger partial charge in [0.2, 0.25) is 0 Å². The SMILES string of the molecule is O=C(Oc1ccc(Cl)c(Cl)c1)c1ccccc1C(=O)OC1CCCCC1. The van der Waals surface area contributed by atoms with E-state index in [4.69, 9.17) is 32.7 Å². The van der Waals surface area contributed by atoms with E-state index in [0.717, 1.165) is 25.7 Å². The quantitative estimate of drug-likeness (QED) is 0.494. The van der Waals surface area contributed by atoms with Gasteiger partial charge in [-0.3, -0.25) is 0 Å². The van der Waals surface area contributed by atoms with Crippen LogP contribution >= 0.6 is 23.2 Å². The van der Waals surface area contributed by atoms with Crippen molar-refractivity contribution in [1.29, 1.82) is 0 Å². The Labute approximate surface area is 162 Å². The molecule has 26 heavy (non-hydrogen) atoms. The molecule has 0 spiro atoms. The monoisotopic (exact) mass is 392 g/mol. The summed E-state index contributed by atoms with van der Waals surface area (Å²) in [4.78, 5) is 25.0. The van der Waals surface area contributed by atoms with Crippen LogP contribution in [0.5, 0.6) is 5.75 Å². The first kappa shape index (κ1) is 18.7. The maximum Gasteiger partial charge on any atom is 0.344 e. The predicted octanol–water partition coefficient (Wildman–Crippen LogP) is 5.70. The van der Waals surface area contributed by atoms with E-state index in [2.05, 4.69) is 0 Å². The molecule has 1 aliphatic carbocycles. The molecule has 0 N–H and O–H groups in total. The number of hydrogen-bond acceptors (Lipinski definition) is 4. The molecule has 3 rings (SSSR count). The molecule has 1 aliphatic rings. The van der Waals surface area contributed by atoms with Crippen LogP contribution in [0.25, 0.3) is 0 Å². The third kappa shape index (κ3) is 4.57. The Hall–Kier alpha value is -2.04. The highest BCUT2D eigenvalue weighted by Gasteiger charge is 2.23. The second-order valence-corrected chi connectivity index (χ2v) is 6.99.